The number of aliphatic carboxylic acids is 1. The number of unbranched alkanes of at least 4 members (excludes halogenated alkanes) is 13. The summed E-state index contributed by atoms with van der Waals surface area (Å²) in [6.07, 6.45) is 18.2. The number of carbonyl (C=O) groups is 2. The third kappa shape index (κ3) is 12.7. The minimum absolute atomic E-state index is 0.109. The van der Waals surface area contributed by atoms with Crippen LogP contribution < -0.4 is 10.6 Å². The molecule has 32 heavy (non-hydrogen) atoms. The highest BCUT2D eigenvalue weighted by molar-refractivity contribution is 5.96. The predicted molar refractivity (Wildman–Crippen MR) is 130 cm³/mol. The van der Waals surface area contributed by atoms with Gasteiger partial charge in [-0.3, -0.25) is 9.59 Å². The molecule has 0 aliphatic heterocycles. The molecule has 1 aromatic rings. The molecule has 5 nitrogen and oxygen atoms in total. The Morgan fingerprint density at radius 2 is 1.38 bits per heavy atom. The SMILES string of the molecule is CCCCCCCCCCCCCCCCNc1ccc(C(=O)NC(C)C(=O)O)cc1F. The molecule has 0 saturated heterocycles. The fourth-order valence-electron chi connectivity index (χ4n) is 3.68. The molecule has 0 radical (unpaired) electrons. The Morgan fingerprint density at radius 1 is 0.875 bits per heavy atom. The van der Waals surface area contributed by atoms with E-state index < -0.39 is 23.7 Å². The van der Waals surface area contributed by atoms with Crippen LogP contribution in [-0.2, 0) is 4.79 Å². The van der Waals surface area contributed by atoms with E-state index in [9.17, 15) is 14.0 Å². The molecule has 0 aliphatic carbocycles. The minimum Gasteiger partial charge on any atom is -0.480 e. The number of benzene rings is 1. The molecule has 0 aliphatic rings. The molecule has 1 atom stereocenters. The van der Waals surface area contributed by atoms with Gasteiger partial charge in [-0.15, -0.1) is 0 Å². The number of carbonyl (C=O) groups excluding carboxylic acids is 1. The van der Waals surface area contributed by atoms with Crippen LogP contribution in [-0.4, -0.2) is 29.6 Å². The summed E-state index contributed by atoms with van der Waals surface area (Å²) < 4.78 is 14.2. The molecule has 0 bridgehead atoms. The van der Waals surface area contributed by atoms with Gasteiger partial charge < -0.3 is 15.7 Å². The highest BCUT2D eigenvalue weighted by Gasteiger charge is 2.16. The van der Waals surface area contributed by atoms with Gasteiger partial charge in [0.05, 0.1) is 5.69 Å². The van der Waals surface area contributed by atoms with E-state index in [1.54, 1.807) is 0 Å². The van der Waals surface area contributed by atoms with Gasteiger partial charge in [0.2, 0.25) is 0 Å². The first-order valence-electron chi connectivity index (χ1n) is 12.5. The molecule has 6 heteroatoms. The second kappa shape index (κ2) is 17.4. The monoisotopic (exact) mass is 450 g/mol. The Morgan fingerprint density at radius 3 is 1.84 bits per heavy atom. The first-order valence-corrected chi connectivity index (χ1v) is 12.5. The van der Waals surface area contributed by atoms with Gasteiger partial charge in [0.25, 0.3) is 5.91 Å². The van der Waals surface area contributed by atoms with Gasteiger partial charge in [0.1, 0.15) is 11.9 Å². The molecule has 0 saturated carbocycles. The predicted octanol–water partition coefficient (Wildman–Crippen LogP) is 6.92. The van der Waals surface area contributed by atoms with Crippen molar-refractivity contribution in [1.82, 2.24) is 5.32 Å². The number of hydrogen-bond donors (Lipinski definition) is 3. The van der Waals surface area contributed by atoms with Crippen LogP contribution in [0.4, 0.5) is 10.1 Å². The van der Waals surface area contributed by atoms with Crippen LogP contribution in [0.25, 0.3) is 0 Å². The third-order valence-electron chi connectivity index (χ3n) is 5.80. The van der Waals surface area contributed by atoms with Crippen molar-refractivity contribution in [1.29, 1.82) is 0 Å². The third-order valence-corrected chi connectivity index (χ3v) is 5.80. The number of anilines is 1. The zero-order valence-electron chi connectivity index (χ0n) is 20.1. The van der Waals surface area contributed by atoms with Crippen molar-refractivity contribution in [3.63, 3.8) is 0 Å². The summed E-state index contributed by atoms with van der Waals surface area (Å²) in [6.45, 7) is 4.31. The molecular weight excluding hydrogens is 407 g/mol. The number of carboxylic acid groups (broad SMARTS) is 1. The summed E-state index contributed by atoms with van der Waals surface area (Å²) >= 11 is 0. The van der Waals surface area contributed by atoms with E-state index >= 15 is 0 Å². The maximum absolute atomic E-state index is 14.2. The highest BCUT2D eigenvalue weighted by Crippen LogP contribution is 2.17. The van der Waals surface area contributed by atoms with Crippen molar-refractivity contribution in [2.45, 2.75) is 110 Å². The summed E-state index contributed by atoms with van der Waals surface area (Å²) in [5.74, 6) is -2.24. The number of rotatable bonds is 19. The second-order valence-corrected chi connectivity index (χ2v) is 8.75. The van der Waals surface area contributed by atoms with Crippen LogP contribution in [0.15, 0.2) is 18.2 Å². The standard InChI is InChI=1S/C26H43FN2O3/c1-3-4-5-6-7-8-9-10-11-12-13-14-15-16-19-28-24-18-17-22(20-23(24)27)25(30)29-21(2)26(31)32/h17-18,20-21,28H,3-16,19H2,1-2H3,(H,29,30)(H,31,32). The summed E-state index contributed by atoms with van der Waals surface area (Å²) in [5, 5.41) is 14.2. The van der Waals surface area contributed by atoms with Gasteiger partial charge in [-0.2, -0.15) is 0 Å². The van der Waals surface area contributed by atoms with Crippen molar-refractivity contribution >= 4 is 17.6 Å². The molecule has 0 spiro atoms. The van der Waals surface area contributed by atoms with Crippen molar-refractivity contribution in [2.24, 2.45) is 0 Å². The quantitative estimate of drug-likeness (QED) is 0.200. The molecule has 1 rings (SSSR count). The lowest BCUT2D eigenvalue weighted by molar-refractivity contribution is -0.138. The van der Waals surface area contributed by atoms with Crippen molar-refractivity contribution in [2.75, 3.05) is 11.9 Å². The smallest absolute Gasteiger partial charge is 0.325 e. The lowest BCUT2D eigenvalue weighted by Gasteiger charge is -2.11. The molecule has 0 aromatic heterocycles. The molecule has 1 unspecified atom stereocenters. The Hall–Kier alpha value is -2.11. The Kier molecular flexibility index (Phi) is 15.2. The average Bonchev–Trinajstić information content (AvgIpc) is 2.77. The van der Waals surface area contributed by atoms with Crippen LogP contribution in [0.1, 0.15) is 114 Å². The van der Waals surface area contributed by atoms with Crippen LogP contribution in [0.3, 0.4) is 0 Å². The van der Waals surface area contributed by atoms with Crippen molar-refractivity contribution < 1.29 is 19.1 Å². The molecule has 1 aromatic carbocycles. The lowest BCUT2D eigenvalue weighted by atomic mass is 10.0. The first kappa shape index (κ1) is 27.9. The maximum Gasteiger partial charge on any atom is 0.325 e. The number of hydrogen-bond acceptors (Lipinski definition) is 3. The molecular formula is C26H43FN2O3. The van der Waals surface area contributed by atoms with Crippen LogP contribution in [0.2, 0.25) is 0 Å². The van der Waals surface area contributed by atoms with E-state index in [1.807, 2.05) is 0 Å². The molecule has 182 valence electrons. The molecule has 0 fully saturated rings. The topological polar surface area (TPSA) is 78.4 Å². The normalized spacial score (nSPS) is 11.8. The zero-order valence-corrected chi connectivity index (χ0v) is 20.1. The number of nitrogens with one attached hydrogen (secondary N) is 2. The summed E-state index contributed by atoms with van der Waals surface area (Å²) in [7, 11) is 0. The van der Waals surface area contributed by atoms with E-state index in [0.717, 1.165) is 18.9 Å². The highest BCUT2D eigenvalue weighted by atomic mass is 19.1. The Bertz CT molecular complexity index is 666. The lowest BCUT2D eigenvalue weighted by Crippen LogP contribution is -2.38. The van der Waals surface area contributed by atoms with Gasteiger partial charge in [-0.05, 0) is 31.5 Å². The molecule has 3 N–H and O–H groups in total. The van der Waals surface area contributed by atoms with Gasteiger partial charge in [0.15, 0.2) is 0 Å². The first-order chi connectivity index (χ1) is 15.5. The second-order valence-electron chi connectivity index (χ2n) is 8.75. The van der Waals surface area contributed by atoms with Gasteiger partial charge in [0, 0.05) is 12.1 Å². The number of amides is 1. The number of carboxylic acids is 1. The van der Waals surface area contributed by atoms with E-state index in [1.165, 1.54) is 96.1 Å². The summed E-state index contributed by atoms with van der Waals surface area (Å²) in [5.41, 5.74) is 0.472. The molecule has 1 amide bonds. The maximum atomic E-state index is 14.2. The van der Waals surface area contributed by atoms with Gasteiger partial charge in [-0.1, -0.05) is 90.4 Å². The van der Waals surface area contributed by atoms with Gasteiger partial charge in [-0.25, -0.2) is 4.39 Å². The van der Waals surface area contributed by atoms with E-state index in [2.05, 4.69) is 17.6 Å². The average molecular weight is 451 g/mol. The van der Waals surface area contributed by atoms with E-state index in [0.29, 0.717) is 12.2 Å². The van der Waals surface area contributed by atoms with Crippen LogP contribution >= 0.6 is 0 Å². The van der Waals surface area contributed by atoms with E-state index in [-0.39, 0.29) is 5.56 Å². The largest absolute Gasteiger partial charge is 0.480 e. The van der Waals surface area contributed by atoms with Crippen molar-refractivity contribution in [3.05, 3.63) is 29.6 Å². The van der Waals surface area contributed by atoms with Crippen LogP contribution in [0.5, 0.6) is 0 Å². The van der Waals surface area contributed by atoms with Crippen molar-refractivity contribution in [3.8, 4) is 0 Å². The van der Waals surface area contributed by atoms with E-state index in [4.69, 9.17) is 5.11 Å². The van der Waals surface area contributed by atoms with Crippen LogP contribution in [0, 0.1) is 5.82 Å². The Balaban J connectivity index is 2.06. The minimum atomic E-state index is -1.13. The zero-order chi connectivity index (χ0) is 23.6. The summed E-state index contributed by atoms with van der Waals surface area (Å²) in [4.78, 5) is 22.8. The number of halogens is 1. The fraction of sp³-hybridized carbons (Fsp3) is 0.692. The molecule has 0 heterocycles. The van der Waals surface area contributed by atoms with Gasteiger partial charge >= 0.3 is 5.97 Å². The Labute approximate surface area is 193 Å². The summed E-state index contributed by atoms with van der Waals surface area (Å²) in [6, 6.07) is 3.14. The fourth-order valence-corrected chi connectivity index (χ4v) is 3.68.